The van der Waals surface area contributed by atoms with E-state index in [1.165, 1.54) is 0 Å². The zero-order valence-electron chi connectivity index (χ0n) is 15.6. The summed E-state index contributed by atoms with van der Waals surface area (Å²) in [6, 6.07) is 18.0. The van der Waals surface area contributed by atoms with Gasteiger partial charge in [-0.25, -0.2) is 0 Å². The first-order chi connectivity index (χ1) is 13.2. The zero-order valence-corrected chi connectivity index (χ0v) is 15.6. The highest BCUT2D eigenvalue weighted by atomic mass is 16.2. The van der Waals surface area contributed by atoms with Crippen LogP contribution in [0.1, 0.15) is 34.6 Å². The minimum absolute atomic E-state index is 0.132. The van der Waals surface area contributed by atoms with Crippen LogP contribution in [0.5, 0.6) is 0 Å². The Kier molecular flexibility index (Phi) is 5.01. The van der Waals surface area contributed by atoms with E-state index in [-0.39, 0.29) is 5.91 Å². The molecule has 3 aromatic rings. The molecule has 0 aliphatic carbocycles. The van der Waals surface area contributed by atoms with Crippen LogP contribution >= 0.6 is 0 Å². The Morgan fingerprint density at radius 3 is 2.81 bits per heavy atom. The van der Waals surface area contributed by atoms with Crippen molar-refractivity contribution in [1.82, 2.24) is 19.7 Å². The molecule has 0 spiro atoms. The van der Waals surface area contributed by atoms with Crippen LogP contribution in [-0.4, -0.2) is 38.7 Å². The molecule has 1 saturated heterocycles. The molecule has 5 heteroatoms. The maximum atomic E-state index is 12.9. The fraction of sp³-hybridized carbons (Fsp3) is 0.318. The fourth-order valence-corrected chi connectivity index (χ4v) is 3.84. The molecule has 1 aromatic heterocycles. The third-order valence-electron chi connectivity index (χ3n) is 5.20. The van der Waals surface area contributed by atoms with Gasteiger partial charge in [0.05, 0.1) is 0 Å². The molecule has 2 heterocycles. The maximum absolute atomic E-state index is 12.9. The molecule has 1 atom stereocenters. The number of para-hydroxylation sites is 1. The highest BCUT2D eigenvalue weighted by Crippen LogP contribution is 2.23. The minimum atomic E-state index is 0.132. The third-order valence-corrected chi connectivity index (χ3v) is 5.20. The first kappa shape index (κ1) is 17.5. The fourth-order valence-electron chi connectivity index (χ4n) is 3.84. The van der Waals surface area contributed by atoms with Crippen molar-refractivity contribution in [2.24, 2.45) is 5.92 Å². The first-order valence-corrected chi connectivity index (χ1v) is 9.51. The Labute approximate surface area is 159 Å². The van der Waals surface area contributed by atoms with Crippen molar-refractivity contribution >= 4 is 5.91 Å². The number of rotatable bonds is 4. The normalized spacial score (nSPS) is 17.1. The van der Waals surface area contributed by atoms with Gasteiger partial charge < -0.3 is 4.90 Å². The topological polar surface area (TPSA) is 51.0 Å². The van der Waals surface area contributed by atoms with E-state index in [2.05, 4.69) is 22.3 Å². The van der Waals surface area contributed by atoms with E-state index >= 15 is 0 Å². The summed E-state index contributed by atoms with van der Waals surface area (Å²) in [4.78, 5) is 14.9. The van der Waals surface area contributed by atoms with Gasteiger partial charge in [0.1, 0.15) is 12.2 Å². The largest absolute Gasteiger partial charge is 0.338 e. The molecule has 2 aromatic carbocycles. The number of hydrogen-bond donors (Lipinski definition) is 0. The van der Waals surface area contributed by atoms with Crippen LogP contribution in [0.25, 0.3) is 5.69 Å². The van der Waals surface area contributed by atoms with Gasteiger partial charge in [-0.3, -0.25) is 9.36 Å². The number of carbonyl (C=O) groups is 1. The zero-order chi connectivity index (χ0) is 18.6. The van der Waals surface area contributed by atoms with Crippen LogP contribution in [0.4, 0.5) is 0 Å². The maximum Gasteiger partial charge on any atom is 0.253 e. The summed E-state index contributed by atoms with van der Waals surface area (Å²) in [5.41, 5.74) is 2.97. The summed E-state index contributed by atoms with van der Waals surface area (Å²) < 4.78 is 2.04. The molecule has 1 amide bonds. The average Bonchev–Trinajstić information content (AvgIpc) is 3.16. The summed E-state index contributed by atoms with van der Waals surface area (Å²) in [7, 11) is 0. The molecule has 1 unspecified atom stereocenters. The molecule has 5 nitrogen and oxygen atoms in total. The van der Waals surface area contributed by atoms with Gasteiger partial charge in [0, 0.05) is 30.8 Å². The second kappa shape index (κ2) is 7.74. The number of piperidine rings is 1. The lowest BCUT2D eigenvalue weighted by molar-refractivity contribution is 0.0672. The number of amides is 1. The first-order valence-electron chi connectivity index (χ1n) is 9.51. The number of aromatic nitrogens is 3. The van der Waals surface area contributed by atoms with Crippen molar-refractivity contribution in [2.45, 2.75) is 26.2 Å². The van der Waals surface area contributed by atoms with E-state index in [0.717, 1.165) is 55.0 Å². The van der Waals surface area contributed by atoms with E-state index in [4.69, 9.17) is 0 Å². The van der Waals surface area contributed by atoms with Gasteiger partial charge in [0.15, 0.2) is 0 Å². The van der Waals surface area contributed by atoms with E-state index in [1.807, 2.05) is 58.9 Å². The Hall–Kier alpha value is -2.95. The van der Waals surface area contributed by atoms with Crippen LogP contribution in [-0.2, 0) is 6.42 Å². The molecule has 138 valence electrons. The molecule has 1 aliphatic heterocycles. The summed E-state index contributed by atoms with van der Waals surface area (Å²) in [5.74, 6) is 1.49. The van der Waals surface area contributed by atoms with E-state index < -0.39 is 0 Å². The van der Waals surface area contributed by atoms with E-state index in [1.54, 1.807) is 6.33 Å². The van der Waals surface area contributed by atoms with Gasteiger partial charge in [-0.15, -0.1) is 10.2 Å². The predicted molar refractivity (Wildman–Crippen MR) is 105 cm³/mol. The van der Waals surface area contributed by atoms with Crippen molar-refractivity contribution in [1.29, 1.82) is 0 Å². The monoisotopic (exact) mass is 360 g/mol. The Morgan fingerprint density at radius 1 is 1.15 bits per heavy atom. The van der Waals surface area contributed by atoms with Crippen molar-refractivity contribution in [3.05, 3.63) is 77.9 Å². The average molecular weight is 360 g/mol. The molecule has 1 fully saturated rings. The predicted octanol–water partition coefficient (Wildman–Crippen LogP) is 3.67. The summed E-state index contributed by atoms with van der Waals surface area (Å²) in [6.07, 6.45) is 4.73. The molecule has 0 bridgehead atoms. The highest BCUT2D eigenvalue weighted by Gasteiger charge is 2.26. The van der Waals surface area contributed by atoms with Crippen LogP contribution in [0, 0.1) is 12.8 Å². The second-order valence-corrected chi connectivity index (χ2v) is 7.29. The van der Waals surface area contributed by atoms with Gasteiger partial charge in [-0.2, -0.15) is 0 Å². The van der Waals surface area contributed by atoms with Crippen molar-refractivity contribution in [3.63, 3.8) is 0 Å². The SMILES string of the molecule is Cc1cccc(C(=O)N2CCCC(Cc3nncn3-c3ccccc3)C2)c1. The molecule has 1 aliphatic rings. The number of likely N-dealkylation sites (tertiary alicyclic amines) is 1. The standard InChI is InChI=1S/C22H24N4O/c1-17-7-5-9-19(13-17)22(27)25-12-6-8-18(15-25)14-21-24-23-16-26(21)20-10-3-2-4-11-20/h2-5,7,9-11,13,16,18H,6,8,12,14-15H2,1H3. The summed E-state index contributed by atoms with van der Waals surface area (Å²) in [5, 5.41) is 8.44. The number of hydrogen-bond acceptors (Lipinski definition) is 3. The van der Waals surface area contributed by atoms with Crippen LogP contribution in [0.2, 0.25) is 0 Å². The molecule has 0 N–H and O–H groups in total. The lowest BCUT2D eigenvalue weighted by Crippen LogP contribution is -2.40. The minimum Gasteiger partial charge on any atom is -0.338 e. The second-order valence-electron chi connectivity index (χ2n) is 7.29. The smallest absolute Gasteiger partial charge is 0.253 e. The van der Waals surface area contributed by atoms with Crippen LogP contribution < -0.4 is 0 Å². The quantitative estimate of drug-likeness (QED) is 0.713. The lowest BCUT2D eigenvalue weighted by atomic mass is 9.93. The van der Waals surface area contributed by atoms with Crippen LogP contribution in [0.3, 0.4) is 0 Å². The number of carbonyl (C=O) groups excluding carboxylic acids is 1. The van der Waals surface area contributed by atoms with Crippen molar-refractivity contribution in [2.75, 3.05) is 13.1 Å². The van der Waals surface area contributed by atoms with Gasteiger partial charge in [0.25, 0.3) is 5.91 Å². The van der Waals surface area contributed by atoms with E-state index in [9.17, 15) is 4.79 Å². The van der Waals surface area contributed by atoms with Crippen molar-refractivity contribution in [3.8, 4) is 5.69 Å². The summed E-state index contributed by atoms with van der Waals surface area (Å²) in [6.45, 7) is 3.62. The Morgan fingerprint density at radius 2 is 2.00 bits per heavy atom. The molecular formula is C22H24N4O. The van der Waals surface area contributed by atoms with Gasteiger partial charge >= 0.3 is 0 Å². The van der Waals surface area contributed by atoms with Crippen LogP contribution in [0.15, 0.2) is 60.9 Å². The molecular weight excluding hydrogens is 336 g/mol. The summed E-state index contributed by atoms with van der Waals surface area (Å²) >= 11 is 0. The van der Waals surface area contributed by atoms with Gasteiger partial charge in [-0.05, 0) is 49.9 Å². The lowest BCUT2D eigenvalue weighted by Gasteiger charge is -2.32. The molecule has 0 saturated carbocycles. The molecule has 0 radical (unpaired) electrons. The number of nitrogens with zero attached hydrogens (tertiary/aromatic N) is 4. The molecule has 27 heavy (non-hydrogen) atoms. The van der Waals surface area contributed by atoms with E-state index in [0.29, 0.717) is 5.92 Å². The molecule has 4 rings (SSSR count). The number of aryl methyl sites for hydroxylation is 1. The Balaban J connectivity index is 1.47. The Bertz CT molecular complexity index is 919. The van der Waals surface area contributed by atoms with Gasteiger partial charge in [0.2, 0.25) is 0 Å². The highest BCUT2D eigenvalue weighted by molar-refractivity contribution is 5.94. The third kappa shape index (κ3) is 3.92. The van der Waals surface area contributed by atoms with Gasteiger partial charge in [-0.1, -0.05) is 35.9 Å². The number of benzene rings is 2. The van der Waals surface area contributed by atoms with Crippen molar-refractivity contribution < 1.29 is 4.79 Å².